The van der Waals surface area contributed by atoms with Gasteiger partial charge < -0.3 is 19.9 Å². The predicted octanol–water partition coefficient (Wildman–Crippen LogP) is 4.70. The highest BCUT2D eigenvalue weighted by atomic mass is 16.5. The zero-order valence-corrected chi connectivity index (χ0v) is 21.1. The Morgan fingerprint density at radius 3 is 2.76 bits per heavy atom. The fourth-order valence-electron chi connectivity index (χ4n) is 5.84. The van der Waals surface area contributed by atoms with Gasteiger partial charge in [0.25, 0.3) is 0 Å². The number of amides is 1. The predicted molar refractivity (Wildman–Crippen MR) is 132 cm³/mol. The Kier molecular flexibility index (Phi) is 9.45. The fraction of sp³-hybridized carbons (Fsp3) is 0.741. The van der Waals surface area contributed by atoms with Crippen LogP contribution in [0.1, 0.15) is 83.2 Å². The van der Waals surface area contributed by atoms with Crippen LogP contribution in [0.5, 0.6) is 11.5 Å². The summed E-state index contributed by atoms with van der Waals surface area (Å²) in [6.45, 7) is 6.20. The van der Waals surface area contributed by atoms with Gasteiger partial charge in [-0.05, 0) is 37.7 Å². The normalized spacial score (nSPS) is 26.3. The molecule has 6 heteroatoms. The second kappa shape index (κ2) is 12.1. The van der Waals surface area contributed by atoms with Crippen molar-refractivity contribution in [1.29, 1.82) is 0 Å². The standard InChI is InChI=1S/C27H44N2O4/c1-5-7-10-20(6-2)18-28-25(30)19-29-16-15-27(31)14-9-8-11-23(27)26(29)22-13-12-21(32-3)17-24(22)33-4/h12-13,17,20,23,26,31H,5-11,14-16,18-19H2,1-4H3,(H,28,30)/t20-,23+,26-,27+/m0/s1. The van der Waals surface area contributed by atoms with E-state index < -0.39 is 5.60 Å². The number of ether oxygens (including phenoxy) is 2. The largest absolute Gasteiger partial charge is 0.497 e. The van der Waals surface area contributed by atoms with Gasteiger partial charge in [-0.3, -0.25) is 9.69 Å². The van der Waals surface area contributed by atoms with Crippen LogP contribution in [-0.2, 0) is 4.79 Å². The number of aliphatic hydroxyl groups is 1. The molecule has 33 heavy (non-hydrogen) atoms. The van der Waals surface area contributed by atoms with Crippen LogP contribution in [0.25, 0.3) is 0 Å². The summed E-state index contributed by atoms with van der Waals surface area (Å²) >= 11 is 0. The van der Waals surface area contributed by atoms with Gasteiger partial charge in [-0.1, -0.05) is 52.0 Å². The number of fused-ring (bicyclic) bond motifs is 1. The molecule has 1 heterocycles. The lowest BCUT2D eigenvalue weighted by atomic mass is 9.66. The van der Waals surface area contributed by atoms with Crippen molar-refractivity contribution in [3.63, 3.8) is 0 Å². The van der Waals surface area contributed by atoms with E-state index in [-0.39, 0.29) is 17.9 Å². The first-order chi connectivity index (χ1) is 16.0. The molecule has 1 amide bonds. The first-order valence-corrected chi connectivity index (χ1v) is 12.9. The summed E-state index contributed by atoms with van der Waals surface area (Å²) in [5.74, 6) is 2.19. The highest BCUT2D eigenvalue weighted by Crippen LogP contribution is 2.51. The molecule has 0 aromatic heterocycles. The molecule has 2 fully saturated rings. The maximum absolute atomic E-state index is 13.0. The number of benzene rings is 1. The molecular weight excluding hydrogens is 416 g/mol. The van der Waals surface area contributed by atoms with E-state index in [1.165, 1.54) is 12.8 Å². The van der Waals surface area contributed by atoms with E-state index in [4.69, 9.17) is 9.47 Å². The van der Waals surface area contributed by atoms with E-state index in [2.05, 4.69) is 24.1 Å². The van der Waals surface area contributed by atoms with Gasteiger partial charge in [-0.25, -0.2) is 0 Å². The van der Waals surface area contributed by atoms with Gasteiger partial charge in [0, 0.05) is 36.7 Å². The molecule has 1 aromatic carbocycles. The molecule has 1 saturated heterocycles. The molecular formula is C27H44N2O4. The molecule has 1 aliphatic heterocycles. The van der Waals surface area contributed by atoms with E-state index in [1.807, 2.05) is 18.2 Å². The minimum absolute atomic E-state index is 0.0577. The molecule has 1 aliphatic carbocycles. The van der Waals surface area contributed by atoms with Crippen molar-refractivity contribution >= 4 is 5.91 Å². The number of methoxy groups -OCH3 is 2. The smallest absolute Gasteiger partial charge is 0.234 e. The highest BCUT2D eigenvalue weighted by Gasteiger charge is 2.49. The molecule has 0 radical (unpaired) electrons. The van der Waals surface area contributed by atoms with Crippen LogP contribution in [-0.4, -0.2) is 55.4 Å². The van der Waals surface area contributed by atoms with Crippen LogP contribution in [0, 0.1) is 11.8 Å². The van der Waals surface area contributed by atoms with E-state index >= 15 is 0 Å². The Morgan fingerprint density at radius 2 is 2.06 bits per heavy atom. The Morgan fingerprint density at radius 1 is 1.24 bits per heavy atom. The van der Waals surface area contributed by atoms with Crippen molar-refractivity contribution in [3.05, 3.63) is 23.8 Å². The van der Waals surface area contributed by atoms with Gasteiger partial charge >= 0.3 is 0 Å². The highest BCUT2D eigenvalue weighted by molar-refractivity contribution is 5.78. The Labute approximate surface area is 200 Å². The van der Waals surface area contributed by atoms with E-state index in [1.54, 1.807) is 14.2 Å². The van der Waals surface area contributed by atoms with Crippen LogP contribution in [0.2, 0.25) is 0 Å². The van der Waals surface area contributed by atoms with Gasteiger partial charge in [-0.15, -0.1) is 0 Å². The number of hydrogen-bond acceptors (Lipinski definition) is 5. The number of rotatable bonds is 11. The van der Waals surface area contributed by atoms with Gasteiger partial charge in [0.2, 0.25) is 5.91 Å². The van der Waals surface area contributed by atoms with Crippen molar-refractivity contribution in [1.82, 2.24) is 10.2 Å². The van der Waals surface area contributed by atoms with Crippen LogP contribution in [0.15, 0.2) is 18.2 Å². The number of nitrogens with one attached hydrogen (secondary N) is 1. The second-order valence-electron chi connectivity index (χ2n) is 9.95. The summed E-state index contributed by atoms with van der Waals surface area (Å²) < 4.78 is 11.2. The van der Waals surface area contributed by atoms with Gasteiger partial charge in [0.15, 0.2) is 0 Å². The number of carbonyl (C=O) groups is 1. The SMILES string of the molecule is CCCC[C@H](CC)CNC(=O)CN1CC[C@]2(O)CCCC[C@@H]2[C@@H]1c1ccc(OC)cc1OC. The van der Waals surface area contributed by atoms with E-state index in [9.17, 15) is 9.90 Å². The average molecular weight is 461 g/mol. The molecule has 0 bridgehead atoms. The Bertz CT molecular complexity index is 770. The Hall–Kier alpha value is -1.79. The number of likely N-dealkylation sites (tertiary alicyclic amines) is 1. The quantitative estimate of drug-likeness (QED) is 0.501. The summed E-state index contributed by atoms with van der Waals surface area (Å²) in [5, 5.41) is 14.7. The number of nitrogens with zero attached hydrogens (tertiary/aromatic N) is 1. The maximum Gasteiger partial charge on any atom is 0.234 e. The van der Waals surface area contributed by atoms with Crippen LogP contribution >= 0.6 is 0 Å². The minimum atomic E-state index is -0.672. The molecule has 1 aromatic rings. The van der Waals surface area contributed by atoms with Crippen molar-refractivity contribution in [2.45, 2.75) is 83.3 Å². The molecule has 1 saturated carbocycles. The topological polar surface area (TPSA) is 71.0 Å². The molecule has 6 nitrogen and oxygen atoms in total. The van der Waals surface area contributed by atoms with Crippen LogP contribution < -0.4 is 14.8 Å². The van der Waals surface area contributed by atoms with Crippen molar-refractivity contribution in [2.24, 2.45) is 11.8 Å². The first kappa shape index (κ1) is 25.8. The molecule has 2 aliphatic rings. The fourth-order valence-corrected chi connectivity index (χ4v) is 5.84. The summed E-state index contributed by atoms with van der Waals surface area (Å²) in [7, 11) is 3.32. The van der Waals surface area contributed by atoms with Crippen molar-refractivity contribution in [3.8, 4) is 11.5 Å². The average Bonchev–Trinajstić information content (AvgIpc) is 2.83. The van der Waals surface area contributed by atoms with E-state index in [0.717, 1.165) is 62.1 Å². The van der Waals surface area contributed by atoms with Crippen molar-refractivity contribution < 1.29 is 19.4 Å². The van der Waals surface area contributed by atoms with Crippen molar-refractivity contribution in [2.75, 3.05) is 33.9 Å². The minimum Gasteiger partial charge on any atom is -0.497 e. The van der Waals surface area contributed by atoms with E-state index in [0.29, 0.717) is 25.4 Å². The molecule has 2 N–H and O–H groups in total. The van der Waals surface area contributed by atoms with Crippen LogP contribution in [0.4, 0.5) is 0 Å². The van der Waals surface area contributed by atoms with Crippen LogP contribution in [0.3, 0.4) is 0 Å². The number of piperidine rings is 1. The molecule has 0 spiro atoms. The third-order valence-corrected chi connectivity index (χ3v) is 7.91. The third-order valence-electron chi connectivity index (χ3n) is 7.91. The lowest BCUT2D eigenvalue weighted by Crippen LogP contribution is -2.56. The number of hydrogen-bond donors (Lipinski definition) is 2. The lowest BCUT2D eigenvalue weighted by molar-refractivity contribution is -0.138. The summed E-state index contributed by atoms with van der Waals surface area (Å²) in [6, 6.07) is 5.85. The zero-order valence-electron chi connectivity index (χ0n) is 21.1. The summed E-state index contributed by atoms with van der Waals surface area (Å²) in [4.78, 5) is 15.3. The maximum atomic E-state index is 13.0. The number of carbonyl (C=O) groups excluding carboxylic acids is 1. The molecule has 4 atom stereocenters. The van der Waals surface area contributed by atoms with Gasteiger partial charge in [-0.2, -0.15) is 0 Å². The Balaban J connectivity index is 1.80. The lowest BCUT2D eigenvalue weighted by Gasteiger charge is -2.52. The van der Waals surface area contributed by atoms with Gasteiger partial charge in [0.05, 0.1) is 26.4 Å². The third kappa shape index (κ3) is 6.21. The first-order valence-electron chi connectivity index (χ1n) is 12.9. The molecule has 186 valence electrons. The monoisotopic (exact) mass is 460 g/mol. The molecule has 0 unspecified atom stereocenters. The second-order valence-corrected chi connectivity index (χ2v) is 9.95. The molecule has 3 rings (SSSR count). The summed E-state index contributed by atoms with van der Waals surface area (Å²) in [5.41, 5.74) is 0.361. The number of unbranched alkanes of at least 4 members (excludes halogenated alkanes) is 1. The zero-order chi connectivity index (χ0) is 23.8. The van der Waals surface area contributed by atoms with Gasteiger partial charge in [0.1, 0.15) is 11.5 Å². The summed E-state index contributed by atoms with van der Waals surface area (Å²) in [6.07, 6.45) is 9.34.